The Labute approximate surface area is 132 Å². The molecule has 1 aliphatic rings. The van der Waals surface area contributed by atoms with Gasteiger partial charge in [0.2, 0.25) is 0 Å². The standard InChI is InChI=1S/C17H27NO2S/c1-2-18-17(14-19,15-7-4-3-5-8-15)10-12-21-13-16-9-6-11-20-16/h3-5,7-8,16,18-19H,2,6,9-14H2,1H3. The number of likely N-dealkylation sites (N-methyl/N-ethyl adjacent to an activating group) is 1. The van der Waals surface area contributed by atoms with Crippen LogP contribution in [0.2, 0.25) is 0 Å². The minimum Gasteiger partial charge on any atom is -0.394 e. The van der Waals surface area contributed by atoms with Crippen LogP contribution in [0.25, 0.3) is 0 Å². The van der Waals surface area contributed by atoms with E-state index in [-0.39, 0.29) is 12.1 Å². The van der Waals surface area contributed by atoms with Crippen LogP contribution < -0.4 is 5.32 Å². The molecule has 0 saturated carbocycles. The first-order valence-corrected chi connectivity index (χ1v) is 9.07. The highest BCUT2D eigenvalue weighted by Gasteiger charge is 2.30. The average molecular weight is 309 g/mol. The van der Waals surface area contributed by atoms with E-state index < -0.39 is 0 Å². The molecule has 0 amide bonds. The highest BCUT2D eigenvalue weighted by atomic mass is 32.2. The van der Waals surface area contributed by atoms with Crippen LogP contribution in [0.15, 0.2) is 30.3 Å². The first-order valence-electron chi connectivity index (χ1n) is 7.91. The van der Waals surface area contributed by atoms with Gasteiger partial charge in [-0.05, 0) is 37.1 Å². The molecule has 2 rings (SSSR count). The van der Waals surface area contributed by atoms with Gasteiger partial charge >= 0.3 is 0 Å². The van der Waals surface area contributed by atoms with E-state index in [1.807, 2.05) is 30.0 Å². The third kappa shape index (κ3) is 4.71. The summed E-state index contributed by atoms with van der Waals surface area (Å²) in [5.74, 6) is 2.10. The second-order valence-corrected chi connectivity index (χ2v) is 6.75. The third-order valence-electron chi connectivity index (χ3n) is 4.11. The Balaban J connectivity index is 1.89. The average Bonchev–Trinajstić information content (AvgIpc) is 3.05. The van der Waals surface area contributed by atoms with Crippen molar-refractivity contribution in [2.75, 3.05) is 31.3 Å². The van der Waals surface area contributed by atoms with Gasteiger partial charge in [-0.2, -0.15) is 11.8 Å². The number of hydrogen-bond donors (Lipinski definition) is 2. The predicted octanol–water partition coefficient (Wildman–Crippen LogP) is 2.79. The molecular weight excluding hydrogens is 282 g/mol. The minimum absolute atomic E-state index is 0.130. The zero-order valence-electron chi connectivity index (χ0n) is 12.9. The van der Waals surface area contributed by atoms with Gasteiger partial charge in [-0.25, -0.2) is 0 Å². The number of ether oxygens (including phenoxy) is 1. The van der Waals surface area contributed by atoms with E-state index in [4.69, 9.17) is 4.74 Å². The third-order valence-corrected chi connectivity index (χ3v) is 5.21. The SMILES string of the molecule is CCNC(CO)(CCSCC1CCCO1)c1ccccc1. The smallest absolute Gasteiger partial charge is 0.0676 e. The molecular formula is C17H27NO2S. The molecule has 1 heterocycles. The summed E-state index contributed by atoms with van der Waals surface area (Å²) >= 11 is 1.94. The highest BCUT2D eigenvalue weighted by Crippen LogP contribution is 2.27. The molecule has 4 heteroatoms. The molecule has 2 atom stereocenters. The van der Waals surface area contributed by atoms with Crippen molar-refractivity contribution in [3.8, 4) is 0 Å². The molecule has 2 unspecified atom stereocenters. The van der Waals surface area contributed by atoms with E-state index in [9.17, 15) is 5.11 Å². The largest absolute Gasteiger partial charge is 0.394 e. The van der Waals surface area contributed by atoms with Crippen molar-refractivity contribution in [1.29, 1.82) is 0 Å². The maximum Gasteiger partial charge on any atom is 0.0676 e. The van der Waals surface area contributed by atoms with Gasteiger partial charge in [-0.15, -0.1) is 0 Å². The van der Waals surface area contributed by atoms with Gasteiger partial charge in [0, 0.05) is 12.4 Å². The zero-order chi connectivity index (χ0) is 15.0. The van der Waals surface area contributed by atoms with Crippen molar-refractivity contribution in [1.82, 2.24) is 5.32 Å². The van der Waals surface area contributed by atoms with Crippen LogP contribution >= 0.6 is 11.8 Å². The van der Waals surface area contributed by atoms with Gasteiger partial charge in [-0.3, -0.25) is 0 Å². The Morgan fingerprint density at radius 2 is 2.19 bits per heavy atom. The van der Waals surface area contributed by atoms with E-state index in [0.29, 0.717) is 6.10 Å². The lowest BCUT2D eigenvalue weighted by atomic mass is 9.88. The van der Waals surface area contributed by atoms with Crippen LogP contribution in [0.5, 0.6) is 0 Å². The Hall–Kier alpha value is -0.550. The molecule has 1 fully saturated rings. The molecule has 0 aromatic heterocycles. The molecule has 118 valence electrons. The lowest BCUT2D eigenvalue weighted by Crippen LogP contribution is -2.46. The molecule has 1 aromatic carbocycles. The first-order chi connectivity index (χ1) is 10.3. The van der Waals surface area contributed by atoms with Crippen molar-refractivity contribution in [2.45, 2.75) is 37.8 Å². The Morgan fingerprint density at radius 1 is 1.38 bits per heavy atom. The van der Waals surface area contributed by atoms with Gasteiger partial charge in [0.05, 0.1) is 18.2 Å². The summed E-state index contributed by atoms with van der Waals surface area (Å²) < 4.78 is 5.66. The van der Waals surface area contributed by atoms with E-state index in [1.165, 1.54) is 18.4 Å². The monoisotopic (exact) mass is 309 g/mol. The quantitative estimate of drug-likeness (QED) is 0.688. The molecule has 2 N–H and O–H groups in total. The van der Waals surface area contributed by atoms with Gasteiger partial charge < -0.3 is 15.2 Å². The number of thioether (sulfide) groups is 1. The van der Waals surface area contributed by atoms with Gasteiger partial charge in [-0.1, -0.05) is 37.3 Å². The van der Waals surface area contributed by atoms with Crippen LogP contribution in [-0.4, -0.2) is 42.5 Å². The Kier molecular flexibility index (Phi) is 7.04. The van der Waals surface area contributed by atoms with Crippen molar-refractivity contribution >= 4 is 11.8 Å². The summed E-state index contributed by atoms with van der Waals surface area (Å²) in [5, 5.41) is 13.5. The van der Waals surface area contributed by atoms with E-state index >= 15 is 0 Å². The van der Waals surface area contributed by atoms with Crippen molar-refractivity contribution in [2.24, 2.45) is 0 Å². The molecule has 0 aliphatic carbocycles. The number of nitrogens with one attached hydrogen (secondary N) is 1. The lowest BCUT2D eigenvalue weighted by Gasteiger charge is -2.33. The second-order valence-electron chi connectivity index (χ2n) is 5.60. The minimum atomic E-state index is -0.320. The van der Waals surface area contributed by atoms with E-state index in [0.717, 1.165) is 31.1 Å². The molecule has 1 saturated heterocycles. The Morgan fingerprint density at radius 3 is 2.81 bits per heavy atom. The first kappa shape index (κ1) is 16.8. The fraction of sp³-hybridized carbons (Fsp3) is 0.647. The molecule has 0 radical (unpaired) electrons. The van der Waals surface area contributed by atoms with Crippen molar-refractivity contribution in [3.63, 3.8) is 0 Å². The molecule has 0 bridgehead atoms. The second kappa shape index (κ2) is 8.79. The predicted molar refractivity (Wildman–Crippen MR) is 89.8 cm³/mol. The number of hydrogen-bond acceptors (Lipinski definition) is 4. The van der Waals surface area contributed by atoms with Crippen molar-refractivity contribution in [3.05, 3.63) is 35.9 Å². The maximum absolute atomic E-state index is 9.98. The fourth-order valence-corrected chi connectivity index (χ4v) is 4.08. The van der Waals surface area contributed by atoms with E-state index in [2.05, 4.69) is 24.4 Å². The topological polar surface area (TPSA) is 41.5 Å². The summed E-state index contributed by atoms with van der Waals surface area (Å²) in [5.41, 5.74) is 0.853. The number of aliphatic hydroxyl groups is 1. The summed E-state index contributed by atoms with van der Waals surface area (Å²) in [6, 6.07) is 10.3. The van der Waals surface area contributed by atoms with Gasteiger partial charge in [0.15, 0.2) is 0 Å². The number of benzene rings is 1. The van der Waals surface area contributed by atoms with Crippen LogP contribution in [0.3, 0.4) is 0 Å². The molecule has 3 nitrogen and oxygen atoms in total. The molecule has 21 heavy (non-hydrogen) atoms. The highest BCUT2D eigenvalue weighted by molar-refractivity contribution is 7.99. The van der Waals surface area contributed by atoms with Crippen molar-refractivity contribution < 1.29 is 9.84 Å². The van der Waals surface area contributed by atoms with Crippen LogP contribution in [0.1, 0.15) is 31.7 Å². The number of aliphatic hydroxyl groups excluding tert-OH is 1. The van der Waals surface area contributed by atoms with Gasteiger partial charge in [0.25, 0.3) is 0 Å². The normalized spacial score (nSPS) is 21.3. The summed E-state index contributed by atoms with van der Waals surface area (Å²) in [4.78, 5) is 0. The fourth-order valence-electron chi connectivity index (χ4n) is 2.89. The summed E-state index contributed by atoms with van der Waals surface area (Å²) in [6.45, 7) is 4.00. The molecule has 1 aromatic rings. The number of rotatable bonds is 9. The summed E-state index contributed by atoms with van der Waals surface area (Å²) in [7, 11) is 0. The maximum atomic E-state index is 9.98. The van der Waals surface area contributed by atoms with Crippen LogP contribution in [-0.2, 0) is 10.3 Å². The Bertz CT molecular complexity index is 395. The van der Waals surface area contributed by atoms with Gasteiger partial charge in [0.1, 0.15) is 0 Å². The van der Waals surface area contributed by atoms with Crippen LogP contribution in [0, 0.1) is 0 Å². The molecule has 1 aliphatic heterocycles. The van der Waals surface area contributed by atoms with E-state index in [1.54, 1.807) is 0 Å². The zero-order valence-corrected chi connectivity index (χ0v) is 13.7. The summed E-state index contributed by atoms with van der Waals surface area (Å²) in [6.07, 6.45) is 3.77. The van der Waals surface area contributed by atoms with Crippen LogP contribution in [0.4, 0.5) is 0 Å². The molecule has 0 spiro atoms. The lowest BCUT2D eigenvalue weighted by molar-refractivity contribution is 0.128.